The maximum atomic E-state index is 8.34. The van der Waals surface area contributed by atoms with Crippen LogP contribution >= 0.6 is 0 Å². The van der Waals surface area contributed by atoms with Crippen molar-refractivity contribution < 1.29 is 10.2 Å². The van der Waals surface area contributed by atoms with E-state index in [1.165, 1.54) is 5.57 Å². The monoisotopic (exact) mass is 283 g/mol. The molecule has 0 heterocycles. The van der Waals surface area contributed by atoms with Crippen molar-refractivity contribution in [3.05, 3.63) is 23.8 Å². The second-order valence-corrected chi connectivity index (χ2v) is 3.98. The highest BCUT2D eigenvalue weighted by Gasteiger charge is 1.91. The summed E-state index contributed by atoms with van der Waals surface area (Å²) in [6.07, 6.45) is 13.1. The Morgan fingerprint density at radius 2 is 1.70 bits per heavy atom. The highest BCUT2D eigenvalue weighted by atomic mass is 16.3. The van der Waals surface area contributed by atoms with Crippen molar-refractivity contribution in [2.75, 3.05) is 33.4 Å². The number of likely N-dealkylation sites (N-methyl/N-ethyl adjacent to an activating group) is 1. The Labute approximate surface area is 126 Å². The first-order chi connectivity index (χ1) is 9.62. The van der Waals surface area contributed by atoms with Gasteiger partial charge in [-0.2, -0.15) is 0 Å². The lowest BCUT2D eigenvalue weighted by Gasteiger charge is -2.11. The molecule has 3 nitrogen and oxygen atoms in total. The Bertz CT molecular complexity index is 259. The van der Waals surface area contributed by atoms with Crippen LogP contribution in [0.15, 0.2) is 23.8 Å². The molecule has 0 spiro atoms. The molecule has 0 unspecified atom stereocenters. The summed E-state index contributed by atoms with van der Waals surface area (Å²) in [4.78, 5) is 1.86. The minimum atomic E-state index is 0.163. The molecule has 0 aromatic carbocycles. The summed E-state index contributed by atoms with van der Waals surface area (Å²) >= 11 is 0. The zero-order valence-electron chi connectivity index (χ0n) is 13.9. The van der Waals surface area contributed by atoms with E-state index in [0.717, 1.165) is 12.8 Å². The van der Waals surface area contributed by atoms with Crippen LogP contribution in [0.5, 0.6) is 0 Å². The number of allylic oxidation sites excluding steroid dienone is 4. The molecule has 0 fully saturated rings. The molecule has 0 aliphatic heterocycles. The third-order valence-corrected chi connectivity index (χ3v) is 2.21. The largest absolute Gasteiger partial charge is 0.395 e. The van der Waals surface area contributed by atoms with E-state index in [2.05, 4.69) is 25.0 Å². The van der Waals surface area contributed by atoms with E-state index in [1.807, 2.05) is 38.8 Å². The average Bonchev–Trinajstić information content (AvgIpc) is 2.46. The summed E-state index contributed by atoms with van der Waals surface area (Å²) in [6, 6.07) is 0. The molecule has 0 atom stereocenters. The molecule has 0 aromatic heterocycles. The zero-order chi connectivity index (χ0) is 16.2. The normalized spacial score (nSPS) is 10.4. The molecule has 0 saturated carbocycles. The van der Waals surface area contributed by atoms with Gasteiger partial charge in [-0.15, -0.1) is 12.3 Å². The van der Waals surface area contributed by atoms with E-state index < -0.39 is 0 Å². The number of aliphatic hydroxyl groups is 2. The van der Waals surface area contributed by atoms with Crippen LogP contribution in [0.4, 0.5) is 0 Å². The molecule has 0 rings (SSSR count). The number of rotatable bonds is 7. The second kappa shape index (κ2) is 23.0. The third kappa shape index (κ3) is 25.7. The summed E-state index contributed by atoms with van der Waals surface area (Å²) in [7, 11) is 1.85. The second-order valence-electron chi connectivity index (χ2n) is 3.98. The fourth-order valence-electron chi connectivity index (χ4n) is 1.07. The number of terminal acetylenes is 1. The van der Waals surface area contributed by atoms with Gasteiger partial charge in [0.2, 0.25) is 0 Å². The van der Waals surface area contributed by atoms with Gasteiger partial charge in [-0.3, -0.25) is 0 Å². The quantitative estimate of drug-likeness (QED) is 0.558. The molecule has 0 aliphatic rings. The van der Waals surface area contributed by atoms with E-state index in [9.17, 15) is 0 Å². The van der Waals surface area contributed by atoms with E-state index in [4.69, 9.17) is 16.6 Å². The standard InChI is InChI=1S/C10H14.C5H13NO2.C2H6/c1-4-6-8-10(3)9-7-5-2;1-6(2-4-7)3-5-8;1-2/h1,5,7-8H,6,9H2,2-3H3;7-8H,2-5H2,1H3;1-2H3/b7-5-,10-8-;;. The Kier molecular flexibility index (Phi) is 27.6. The van der Waals surface area contributed by atoms with Gasteiger partial charge in [-0.25, -0.2) is 0 Å². The Morgan fingerprint density at radius 1 is 1.20 bits per heavy atom. The van der Waals surface area contributed by atoms with Gasteiger partial charge in [0.25, 0.3) is 0 Å². The minimum Gasteiger partial charge on any atom is -0.395 e. The molecule has 0 bridgehead atoms. The summed E-state index contributed by atoms with van der Waals surface area (Å²) in [6.45, 7) is 9.72. The lowest BCUT2D eigenvalue weighted by Crippen LogP contribution is -2.25. The first kappa shape index (κ1) is 24.0. The van der Waals surface area contributed by atoms with Crippen LogP contribution in [0.25, 0.3) is 0 Å². The molecule has 0 amide bonds. The number of aliphatic hydroxyl groups excluding tert-OH is 2. The topological polar surface area (TPSA) is 43.7 Å². The molecule has 2 N–H and O–H groups in total. The highest BCUT2D eigenvalue weighted by molar-refractivity contribution is 5.08. The average molecular weight is 283 g/mol. The smallest absolute Gasteiger partial charge is 0.0558 e. The van der Waals surface area contributed by atoms with Gasteiger partial charge in [0, 0.05) is 19.5 Å². The van der Waals surface area contributed by atoms with Gasteiger partial charge in [0.05, 0.1) is 13.2 Å². The number of nitrogens with zero attached hydrogens (tertiary/aromatic N) is 1. The van der Waals surface area contributed by atoms with Crippen LogP contribution in [-0.4, -0.2) is 48.5 Å². The summed E-state index contributed by atoms with van der Waals surface area (Å²) in [5.41, 5.74) is 1.34. The lowest BCUT2D eigenvalue weighted by atomic mass is 10.2. The van der Waals surface area contributed by atoms with Crippen LogP contribution in [0.1, 0.15) is 40.5 Å². The van der Waals surface area contributed by atoms with Gasteiger partial charge in [-0.05, 0) is 27.3 Å². The van der Waals surface area contributed by atoms with Crippen molar-refractivity contribution in [2.24, 2.45) is 0 Å². The maximum absolute atomic E-state index is 8.34. The first-order valence-corrected chi connectivity index (χ1v) is 7.22. The van der Waals surface area contributed by atoms with Crippen LogP contribution in [-0.2, 0) is 0 Å². The van der Waals surface area contributed by atoms with Gasteiger partial charge in [0.15, 0.2) is 0 Å². The fraction of sp³-hybridized carbons (Fsp3) is 0.647. The van der Waals surface area contributed by atoms with Crippen LogP contribution in [0.2, 0.25) is 0 Å². The Hall–Kier alpha value is -1.08. The van der Waals surface area contributed by atoms with Gasteiger partial charge < -0.3 is 15.1 Å². The summed E-state index contributed by atoms with van der Waals surface area (Å²) < 4.78 is 0. The van der Waals surface area contributed by atoms with Crippen LogP contribution in [0, 0.1) is 12.3 Å². The molecular formula is C17H33NO2. The lowest BCUT2D eigenvalue weighted by molar-refractivity contribution is 0.184. The van der Waals surface area contributed by atoms with Crippen molar-refractivity contribution in [1.82, 2.24) is 4.90 Å². The maximum Gasteiger partial charge on any atom is 0.0558 e. The number of hydrogen-bond acceptors (Lipinski definition) is 3. The van der Waals surface area contributed by atoms with Crippen molar-refractivity contribution in [3.63, 3.8) is 0 Å². The van der Waals surface area contributed by atoms with E-state index in [1.54, 1.807) is 0 Å². The SMILES string of the molecule is C#CC/C=C(/C)C/C=C\C.CC.CN(CCO)CCO. The first-order valence-electron chi connectivity index (χ1n) is 7.22. The molecule has 0 radical (unpaired) electrons. The Morgan fingerprint density at radius 3 is 2.05 bits per heavy atom. The van der Waals surface area contributed by atoms with E-state index >= 15 is 0 Å². The van der Waals surface area contributed by atoms with Crippen molar-refractivity contribution in [3.8, 4) is 12.3 Å². The Balaban J connectivity index is -0.000000262. The van der Waals surface area contributed by atoms with Crippen LogP contribution < -0.4 is 0 Å². The molecule has 0 aliphatic carbocycles. The van der Waals surface area contributed by atoms with Crippen molar-refractivity contribution in [2.45, 2.75) is 40.5 Å². The van der Waals surface area contributed by atoms with Gasteiger partial charge in [0.1, 0.15) is 0 Å². The molecule has 0 aromatic rings. The highest BCUT2D eigenvalue weighted by Crippen LogP contribution is 2.01. The molecular weight excluding hydrogens is 250 g/mol. The zero-order valence-corrected chi connectivity index (χ0v) is 13.9. The van der Waals surface area contributed by atoms with Crippen molar-refractivity contribution >= 4 is 0 Å². The van der Waals surface area contributed by atoms with E-state index in [0.29, 0.717) is 13.1 Å². The third-order valence-electron chi connectivity index (χ3n) is 2.21. The van der Waals surface area contributed by atoms with Gasteiger partial charge in [-0.1, -0.05) is 37.6 Å². The molecule has 118 valence electrons. The molecule has 3 heteroatoms. The summed E-state index contributed by atoms with van der Waals surface area (Å²) in [5.74, 6) is 2.57. The minimum absolute atomic E-state index is 0.163. The number of hydrogen-bond donors (Lipinski definition) is 2. The van der Waals surface area contributed by atoms with Gasteiger partial charge >= 0.3 is 0 Å². The predicted molar refractivity (Wildman–Crippen MR) is 89.7 cm³/mol. The molecule has 20 heavy (non-hydrogen) atoms. The predicted octanol–water partition coefficient (Wildman–Crippen LogP) is 2.85. The summed E-state index contributed by atoms with van der Waals surface area (Å²) in [5, 5.41) is 16.7. The van der Waals surface area contributed by atoms with Crippen LogP contribution in [0.3, 0.4) is 0 Å². The fourth-order valence-corrected chi connectivity index (χ4v) is 1.07. The van der Waals surface area contributed by atoms with E-state index in [-0.39, 0.29) is 13.2 Å². The molecule has 0 saturated heterocycles. The van der Waals surface area contributed by atoms with Crippen molar-refractivity contribution in [1.29, 1.82) is 0 Å².